The predicted molar refractivity (Wildman–Crippen MR) is 95.0 cm³/mol. The van der Waals surface area contributed by atoms with Crippen LogP contribution < -0.4 is 5.32 Å². The molecule has 4 nitrogen and oxygen atoms in total. The van der Waals surface area contributed by atoms with E-state index >= 15 is 0 Å². The van der Waals surface area contributed by atoms with E-state index in [1.807, 2.05) is 6.92 Å². The Hall–Kier alpha value is -3.02. The minimum atomic E-state index is -0.334. The van der Waals surface area contributed by atoms with Crippen molar-refractivity contribution in [3.8, 4) is 5.69 Å². The van der Waals surface area contributed by atoms with Crippen molar-refractivity contribution in [1.82, 2.24) is 9.78 Å². The van der Waals surface area contributed by atoms with Gasteiger partial charge < -0.3 is 5.32 Å². The van der Waals surface area contributed by atoms with E-state index in [4.69, 9.17) is 0 Å². The molecule has 6 heteroatoms. The van der Waals surface area contributed by atoms with Crippen molar-refractivity contribution >= 4 is 17.3 Å². The van der Waals surface area contributed by atoms with Crippen molar-refractivity contribution < 1.29 is 13.6 Å². The van der Waals surface area contributed by atoms with E-state index in [0.717, 1.165) is 5.69 Å². The van der Waals surface area contributed by atoms with Gasteiger partial charge >= 0.3 is 0 Å². The van der Waals surface area contributed by atoms with Crippen LogP contribution in [-0.2, 0) is 6.42 Å². The molecule has 3 aromatic rings. The molecule has 0 fully saturated rings. The number of carbonyl (C=O) groups excluding carboxylic acids is 1. The van der Waals surface area contributed by atoms with Gasteiger partial charge in [-0.15, -0.1) is 5.10 Å². The molecule has 0 saturated carbocycles. The number of hydrogen-bond acceptors (Lipinski definition) is 3. The fourth-order valence-electron chi connectivity index (χ4n) is 3.31. The minimum Gasteiger partial charge on any atom is -0.338 e. The molecule has 1 aromatic heterocycles. The zero-order valence-electron chi connectivity index (χ0n) is 14.2. The largest absolute Gasteiger partial charge is 0.338 e. The SMILES string of the molecule is CC1CC(=O)c2c(Nc3ccc(F)cc3)nn(-c3ccc(F)cc3)c2C1. The van der Waals surface area contributed by atoms with Gasteiger partial charge in [0.25, 0.3) is 0 Å². The number of ketones is 1. The molecule has 0 amide bonds. The summed E-state index contributed by atoms with van der Waals surface area (Å²) in [6.07, 6.45) is 1.16. The van der Waals surface area contributed by atoms with Crippen LogP contribution in [0.5, 0.6) is 0 Å². The van der Waals surface area contributed by atoms with Gasteiger partial charge in [-0.1, -0.05) is 6.92 Å². The summed E-state index contributed by atoms with van der Waals surface area (Å²) >= 11 is 0. The van der Waals surface area contributed by atoms with Gasteiger partial charge in [0.15, 0.2) is 11.6 Å². The quantitative estimate of drug-likeness (QED) is 0.745. The van der Waals surface area contributed by atoms with Gasteiger partial charge in [0.05, 0.1) is 16.9 Å². The second kappa shape index (κ2) is 6.37. The Balaban J connectivity index is 1.81. The number of hydrogen-bond donors (Lipinski definition) is 1. The number of fused-ring (bicyclic) bond motifs is 1. The average molecular weight is 353 g/mol. The molecule has 1 atom stereocenters. The van der Waals surface area contributed by atoms with E-state index in [-0.39, 0.29) is 23.3 Å². The van der Waals surface area contributed by atoms with Crippen LogP contribution in [0.15, 0.2) is 48.5 Å². The molecule has 2 aromatic carbocycles. The van der Waals surface area contributed by atoms with Crippen LogP contribution >= 0.6 is 0 Å². The molecule has 4 rings (SSSR count). The molecule has 0 spiro atoms. The maximum absolute atomic E-state index is 13.3. The van der Waals surface area contributed by atoms with E-state index in [2.05, 4.69) is 10.4 Å². The number of rotatable bonds is 3. The van der Waals surface area contributed by atoms with Crippen molar-refractivity contribution in [2.24, 2.45) is 5.92 Å². The Morgan fingerprint density at radius 1 is 1.00 bits per heavy atom. The Bertz CT molecular complexity index is 962. The molecule has 1 heterocycles. The first kappa shape index (κ1) is 16.4. The standard InChI is InChI=1S/C20H17F2N3O/c1-12-10-17-19(18(26)11-12)20(23-15-6-2-13(21)3-7-15)24-25(17)16-8-4-14(22)5-9-16/h2-9,12H,10-11H2,1H3,(H,23,24). The second-order valence-electron chi connectivity index (χ2n) is 6.63. The maximum atomic E-state index is 13.3. The van der Waals surface area contributed by atoms with Crippen LogP contribution in [0.3, 0.4) is 0 Å². The third-order valence-electron chi connectivity index (χ3n) is 4.51. The van der Waals surface area contributed by atoms with Crippen LogP contribution in [0.1, 0.15) is 29.4 Å². The third kappa shape index (κ3) is 2.98. The summed E-state index contributed by atoms with van der Waals surface area (Å²) in [5.74, 6) is 0.0114. The van der Waals surface area contributed by atoms with Crippen LogP contribution in [0, 0.1) is 17.6 Å². The lowest BCUT2D eigenvalue weighted by atomic mass is 9.87. The molecule has 1 N–H and O–H groups in total. The third-order valence-corrected chi connectivity index (χ3v) is 4.51. The lowest BCUT2D eigenvalue weighted by Crippen LogP contribution is -2.19. The molecule has 1 aliphatic carbocycles. The summed E-state index contributed by atoms with van der Waals surface area (Å²) in [7, 11) is 0. The Morgan fingerprint density at radius 2 is 1.62 bits per heavy atom. The number of nitrogens with one attached hydrogen (secondary N) is 1. The van der Waals surface area contributed by atoms with E-state index in [1.54, 1.807) is 28.9 Å². The van der Waals surface area contributed by atoms with Crippen LogP contribution in [0.4, 0.5) is 20.3 Å². The number of benzene rings is 2. The average Bonchev–Trinajstić information content (AvgIpc) is 2.96. The molecule has 0 bridgehead atoms. The molecular formula is C20H17F2N3O. The highest BCUT2D eigenvalue weighted by Crippen LogP contribution is 2.33. The summed E-state index contributed by atoms with van der Waals surface area (Å²) in [4.78, 5) is 12.6. The van der Waals surface area contributed by atoms with Crippen molar-refractivity contribution in [2.75, 3.05) is 5.32 Å². The van der Waals surface area contributed by atoms with Crippen molar-refractivity contribution in [2.45, 2.75) is 19.8 Å². The normalized spacial score (nSPS) is 16.4. The lowest BCUT2D eigenvalue weighted by Gasteiger charge is -2.19. The number of nitrogens with zero attached hydrogens (tertiary/aromatic N) is 2. The summed E-state index contributed by atoms with van der Waals surface area (Å²) in [5, 5.41) is 7.68. The van der Waals surface area contributed by atoms with Crippen molar-refractivity contribution in [3.05, 3.63) is 71.4 Å². The molecule has 26 heavy (non-hydrogen) atoms. The summed E-state index contributed by atoms with van der Waals surface area (Å²) in [5.41, 5.74) is 2.70. The molecule has 1 unspecified atom stereocenters. The number of Topliss-reactive ketones (excluding diaryl/α,β-unsaturated/α-hetero) is 1. The highest BCUT2D eigenvalue weighted by atomic mass is 19.1. The summed E-state index contributed by atoms with van der Waals surface area (Å²) < 4.78 is 28.1. The van der Waals surface area contributed by atoms with Crippen molar-refractivity contribution in [1.29, 1.82) is 0 Å². The monoisotopic (exact) mass is 353 g/mol. The van der Waals surface area contributed by atoms with Crippen LogP contribution in [0.2, 0.25) is 0 Å². The Labute approximate surface area is 149 Å². The van der Waals surface area contributed by atoms with Gasteiger partial charge in [-0.3, -0.25) is 4.79 Å². The molecule has 0 saturated heterocycles. The fourth-order valence-corrected chi connectivity index (χ4v) is 3.31. The van der Waals surface area contributed by atoms with E-state index in [0.29, 0.717) is 35.6 Å². The second-order valence-corrected chi connectivity index (χ2v) is 6.63. The van der Waals surface area contributed by atoms with Gasteiger partial charge in [-0.2, -0.15) is 0 Å². The first-order valence-corrected chi connectivity index (χ1v) is 8.45. The first-order chi connectivity index (χ1) is 12.5. The Morgan fingerprint density at radius 3 is 2.27 bits per heavy atom. The molecular weight excluding hydrogens is 336 g/mol. The van der Waals surface area contributed by atoms with Gasteiger partial charge in [0, 0.05) is 12.1 Å². The number of halogens is 2. The zero-order valence-corrected chi connectivity index (χ0v) is 14.2. The highest BCUT2D eigenvalue weighted by Gasteiger charge is 2.31. The predicted octanol–water partition coefficient (Wildman–Crippen LogP) is 4.66. The smallest absolute Gasteiger partial charge is 0.168 e. The highest BCUT2D eigenvalue weighted by molar-refractivity contribution is 6.03. The number of carbonyl (C=O) groups is 1. The van der Waals surface area contributed by atoms with Crippen molar-refractivity contribution in [3.63, 3.8) is 0 Å². The molecule has 0 aliphatic heterocycles. The maximum Gasteiger partial charge on any atom is 0.168 e. The number of anilines is 2. The van der Waals surface area contributed by atoms with Gasteiger partial charge in [-0.05, 0) is 60.9 Å². The van der Waals surface area contributed by atoms with Crippen LogP contribution in [0.25, 0.3) is 5.69 Å². The molecule has 132 valence electrons. The fraction of sp³-hybridized carbons (Fsp3) is 0.200. The molecule has 0 radical (unpaired) electrons. The summed E-state index contributed by atoms with van der Waals surface area (Å²) in [6.45, 7) is 2.02. The Kier molecular flexibility index (Phi) is 4.03. The van der Waals surface area contributed by atoms with Gasteiger partial charge in [0.2, 0.25) is 0 Å². The first-order valence-electron chi connectivity index (χ1n) is 8.45. The number of aromatic nitrogens is 2. The summed E-state index contributed by atoms with van der Waals surface area (Å²) in [6, 6.07) is 11.9. The van der Waals surface area contributed by atoms with Gasteiger partial charge in [-0.25, -0.2) is 13.5 Å². The minimum absolute atomic E-state index is 0.0247. The van der Waals surface area contributed by atoms with Crippen LogP contribution in [-0.4, -0.2) is 15.6 Å². The topological polar surface area (TPSA) is 46.9 Å². The zero-order chi connectivity index (χ0) is 18.3. The van der Waals surface area contributed by atoms with E-state index < -0.39 is 0 Å². The van der Waals surface area contributed by atoms with Gasteiger partial charge in [0.1, 0.15) is 11.6 Å². The lowest BCUT2D eigenvalue weighted by molar-refractivity contribution is 0.0953. The van der Waals surface area contributed by atoms with E-state index in [9.17, 15) is 13.6 Å². The molecule has 1 aliphatic rings. The van der Waals surface area contributed by atoms with E-state index in [1.165, 1.54) is 24.3 Å².